The molecule has 2 aromatic carbocycles. The van der Waals surface area contributed by atoms with Crippen LogP contribution >= 0.6 is 11.6 Å². The van der Waals surface area contributed by atoms with Crippen molar-refractivity contribution >= 4 is 33.2 Å². The van der Waals surface area contributed by atoms with Crippen molar-refractivity contribution in [3.8, 4) is 11.5 Å². The Labute approximate surface area is 170 Å². The molecule has 0 unspecified atom stereocenters. The zero-order valence-electron chi connectivity index (χ0n) is 15.9. The Kier molecular flexibility index (Phi) is 7.68. The lowest BCUT2D eigenvalue weighted by atomic mass is 10.3. The second kappa shape index (κ2) is 9.77. The Balaban J connectivity index is 1.92. The van der Waals surface area contributed by atoms with Crippen LogP contribution in [-0.4, -0.2) is 34.1 Å². The molecule has 2 aromatic rings. The number of carbonyl (C=O) groups excluding carboxylic acids is 1. The molecule has 0 fully saturated rings. The first kappa shape index (κ1) is 22.0. The van der Waals surface area contributed by atoms with Crippen molar-refractivity contribution in [2.75, 3.05) is 19.0 Å². The van der Waals surface area contributed by atoms with Crippen LogP contribution in [0.25, 0.3) is 0 Å². The number of amides is 1. The number of sulfonamides is 1. The van der Waals surface area contributed by atoms with E-state index in [1.165, 1.54) is 31.4 Å². The van der Waals surface area contributed by atoms with Crippen LogP contribution in [0.1, 0.15) is 20.3 Å². The number of nitrogens with one attached hydrogen (secondary N) is 2. The largest absolute Gasteiger partial charge is 0.495 e. The minimum absolute atomic E-state index is 0.137. The summed E-state index contributed by atoms with van der Waals surface area (Å²) in [6, 6.07) is 10.6. The highest BCUT2D eigenvalue weighted by atomic mass is 35.5. The van der Waals surface area contributed by atoms with E-state index in [-0.39, 0.29) is 23.5 Å². The molecule has 0 spiro atoms. The first-order valence-corrected chi connectivity index (χ1v) is 10.5. The molecule has 1 atom stereocenters. The SMILES string of the molecule is CC[C@@H](C)NS(=O)(=O)c1ccc(OCC(=O)Nc2ccc(OC)c(Cl)c2)cc1. The standard InChI is InChI=1S/C19H23ClN2O5S/c1-4-13(2)22-28(24,25)16-8-6-15(7-9-16)27-12-19(23)21-14-5-10-18(26-3)17(20)11-14/h5-11,13,22H,4,12H2,1-3H3,(H,21,23)/t13-/m1/s1. The van der Waals surface area contributed by atoms with Crippen LogP contribution in [0, 0.1) is 0 Å². The fourth-order valence-corrected chi connectivity index (χ4v) is 3.81. The number of hydrogen-bond acceptors (Lipinski definition) is 5. The molecule has 0 saturated heterocycles. The Morgan fingerprint density at radius 2 is 1.86 bits per heavy atom. The molecule has 0 radical (unpaired) electrons. The van der Waals surface area contributed by atoms with Gasteiger partial charge in [-0.05, 0) is 55.8 Å². The molecule has 0 saturated carbocycles. The highest BCUT2D eigenvalue weighted by Crippen LogP contribution is 2.27. The van der Waals surface area contributed by atoms with Crippen LogP contribution < -0.4 is 19.5 Å². The maximum absolute atomic E-state index is 12.2. The summed E-state index contributed by atoms with van der Waals surface area (Å²) >= 11 is 6.02. The maximum Gasteiger partial charge on any atom is 0.262 e. The van der Waals surface area contributed by atoms with E-state index in [4.69, 9.17) is 21.1 Å². The first-order valence-electron chi connectivity index (χ1n) is 8.63. The Hall–Kier alpha value is -2.29. The third kappa shape index (κ3) is 6.12. The number of ether oxygens (including phenoxy) is 2. The number of anilines is 1. The van der Waals surface area contributed by atoms with Crippen molar-refractivity contribution in [2.24, 2.45) is 0 Å². The predicted octanol–water partition coefficient (Wildman–Crippen LogP) is 3.44. The van der Waals surface area contributed by atoms with Gasteiger partial charge in [0.2, 0.25) is 10.0 Å². The zero-order valence-corrected chi connectivity index (χ0v) is 17.4. The average Bonchev–Trinajstić information content (AvgIpc) is 2.66. The summed E-state index contributed by atoms with van der Waals surface area (Å²) in [5, 5.41) is 3.04. The van der Waals surface area contributed by atoms with Crippen LogP contribution in [0.5, 0.6) is 11.5 Å². The van der Waals surface area contributed by atoms with Gasteiger partial charge in [-0.3, -0.25) is 4.79 Å². The van der Waals surface area contributed by atoms with Crippen LogP contribution in [0.3, 0.4) is 0 Å². The molecule has 9 heteroatoms. The summed E-state index contributed by atoms with van der Waals surface area (Å²) in [4.78, 5) is 12.2. The van der Waals surface area contributed by atoms with Crippen LogP contribution in [0.4, 0.5) is 5.69 Å². The average molecular weight is 427 g/mol. The van der Waals surface area contributed by atoms with Crippen LogP contribution in [0.15, 0.2) is 47.4 Å². The lowest BCUT2D eigenvalue weighted by molar-refractivity contribution is -0.118. The number of methoxy groups -OCH3 is 1. The molecule has 2 N–H and O–H groups in total. The van der Waals surface area contributed by atoms with E-state index in [1.54, 1.807) is 25.1 Å². The van der Waals surface area contributed by atoms with E-state index in [2.05, 4.69) is 10.0 Å². The minimum atomic E-state index is -3.58. The summed E-state index contributed by atoms with van der Waals surface area (Å²) in [5.74, 6) is 0.510. The fraction of sp³-hybridized carbons (Fsp3) is 0.316. The second-order valence-electron chi connectivity index (χ2n) is 6.09. The van der Waals surface area contributed by atoms with Crippen molar-refractivity contribution in [2.45, 2.75) is 31.2 Å². The molecular weight excluding hydrogens is 404 g/mol. The molecule has 1 amide bonds. The number of carbonyl (C=O) groups is 1. The van der Waals surface area contributed by atoms with Gasteiger partial charge in [-0.1, -0.05) is 18.5 Å². The molecule has 0 aliphatic heterocycles. The van der Waals surface area contributed by atoms with Crippen molar-refractivity contribution < 1.29 is 22.7 Å². The van der Waals surface area contributed by atoms with Gasteiger partial charge in [0, 0.05) is 11.7 Å². The summed E-state index contributed by atoms with van der Waals surface area (Å²) in [6.07, 6.45) is 0.689. The Morgan fingerprint density at radius 3 is 2.43 bits per heavy atom. The van der Waals surface area contributed by atoms with Crippen molar-refractivity contribution in [1.82, 2.24) is 4.72 Å². The van der Waals surface area contributed by atoms with Crippen molar-refractivity contribution in [3.05, 3.63) is 47.5 Å². The second-order valence-corrected chi connectivity index (χ2v) is 8.21. The normalized spacial score (nSPS) is 12.3. The third-order valence-electron chi connectivity index (χ3n) is 3.91. The molecule has 7 nitrogen and oxygen atoms in total. The van der Waals surface area contributed by atoms with Gasteiger partial charge in [0.15, 0.2) is 6.61 Å². The maximum atomic E-state index is 12.2. The molecule has 0 aromatic heterocycles. The molecule has 0 heterocycles. The molecule has 0 aliphatic carbocycles. The number of rotatable bonds is 9. The smallest absolute Gasteiger partial charge is 0.262 e. The summed E-state index contributed by atoms with van der Waals surface area (Å²) < 4.78 is 37.5. The van der Waals surface area contributed by atoms with Gasteiger partial charge in [-0.15, -0.1) is 0 Å². The van der Waals surface area contributed by atoms with E-state index >= 15 is 0 Å². The van der Waals surface area contributed by atoms with E-state index < -0.39 is 10.0 Å². The molecule has 152 valence electrons. The van der Waals surface area contributed by atoms with Gasteiger partial charge in [0.1, 0.15) is 11.5 Å². The summed E-state index contributed by atoms with van der Waals surface area (Å²) in [7, 11) is -2.07. The van der Waals surface area contributed by atoms with E-state index in [0.29, 0.717) is 28.6 Å². The van der Waals surface area contributed by atoms with Crippen molar-refractivity contribution in [1.29, 1.82) is 0 Å². The van der Waals surface area contributed by atoms with Gasteiger partial charge in [0.25, 0.3) is 5.91 Å². The van der Waals surface area contributed by atoms with Gasteiger partial charge in [-0.2, -0.15) is 0 Å². The highest BCUT2D eigenvalue weighted by Gasteiger charge is 2.16. The van der Waals surface area contributed by atoms with Crippen molar-refractivity contribution in [3.63, 3.8) is 0 Å². The summed E-state index contributed by atoms with van der Waals surface area (Å²) in [5.41, 5.74) is 0.511. The Morgan fingerprint density at radius 1 is 1.18 bits per heavy atom. The molecule has 0 bridgehead atoms. The van der Waals surface area contributed by atoms with E-state index in [0.717, 1.165) is 0 Å². The van der Waals surface area contributed by atoms with Gasteiger partial charge in [-0.25, -0.2) is 13.1 Å². The number of benzene rings is 2. The third-order valence-corrected chi connectivity index (χ3v) is 5.81. The first-order chi connectivity index (χ1) is 13.2. The molecule has 2 rings (SSSR count). The fourth-order valence-electron chi connectivity index (χ4n) is 2.22. The topological polar surface area (TPSA) is 93.7 Å². The highest BCUT2D eigenvalue weighted by molar-refractivity contribution is 7.89. The van der Waals surface area contributed by atoms with E-state index in [9.17, 15) is 13.2 Å². The number of hydrogen-bond donors (Lipinski definition) is 2. The van der Waals surface area contributed by atoms with Crippen LogP contribution in [-0.2, 0) is 14.8 Å². The molecule has 0 aliphatic rings. The zero-order chi connectivity index (χ0) is 20.7. The number of halogens is 1. The predicted molar refractivity (Wildman–Crippen MR) is 109 cm³/mol. The minimum Gasteiger partial charge on any atom is -0.495 e. The summed E-state index contributed by atoms with van der Waals surface area (Å²) in [6.45, 7) is 3.46. The van der Waals surface area contributed by atoms with Gasteiger partial charge < -0.3 is 14.8 Å². The van der Waals surface area contributed by atoms with Crippen LogP contribution in [0.2, 0.25) is 5.02 Å². The monoisotopic (exact) mass is 426 g/mol. The molecule has 28 heavy (non-hydrogen) atoms. The van der Waals surface area contributed by atoms with E-state index in [1.807, 2.05) is 6.92 Å². The van der Waals surface area contributed by atoms with Gasteiger partial charge >= 0.3 is 0 Å². The lowest BCUT2D eigenvalue weighted by Crippen LogP contribution is -2.31. The molecular formula is C19H23ClN2O5S. The lowest BCUT2D eigenvalue weighted by Gasteiger charge is -2.13. The Bertz CT molecular complexity index is 916. The van der Waals surface area contributed by atoms with Gasteiger partial charge in [0.05, 0.1) is 17.0 Å². The quantitative estimate of drug-likeness (QED) is 0.640.